The molecule has 0 aliphatic carbocycles. The minimum Gasteiger partial charge on any atom is -0.376 e. The van der Waals surface area contributed by atoms with Gasteiger partial charge in [-0.05, 0) is 49.2 Å². The van der Waals surface area contributed by atoms with Crippen molar-refractivity contribution in [3.8, 4) is 0 Å². The average molecular weight is 415 g/mol. The molecule has 0 radical (unpaired) electrons. The van der Waals surface area contributed by atoms with Crippen LogP contribution in [0.15, 0.2) is 65.6 Å². The van der Waals surface area contributed by atoms with E-state index in [-0.39, 0.29) is 16.9 Å². The summed E-state index contributed by atoms with van der Waals surface area (Å²) in [6, 6.07) is 16.3. The fourth-order valence-corrected chi connectivity index (χ4v) is 3.95. The minimum atomic E-state index is -3.47. The lowest BCUT2D eigenvalue weighted by Gasteiger charge is -2.24. The standard InChI is InChI=1S/C22H26N2O4S/c1-23-29(26,27)21-12-9-18(10-13-21)11-14-22(25)24(17-20-8-5-15-28-20)16-19-6-3-2-4-7-19/h2-4,6-7,9-14,20,23H,5,8,15-17H2,1H3/b14-11+. The zero-order chi connectivity index (χ0) is 20.7. The molecule has 7 heteroatoms. The summed E-state index contributed by atoms with van der Waals surface area (Å²) in [5.41, 5.74) is 1.82. The number of benzene rings is 2. The maximum absolute atomic E-state index is 12.9. The Balaban J connectivity index is 1.71. The number of amides is 1. The predicted octanol–water partition coefficient (Wildman–Crippen LogP) is 2.82. The van der Waals surface area contributed by atoms with Crippen LogP contribution in [-0.4, -0.2) is 45.5 Å². The zero-order valence-corrected chi connectivity index (χ0v) is 17.3. The Morgan fingerprint density at radius 2 is 1.90 bits per heavy atom. The van der Waals surface area contributed by atoms with E-state index in [1.807, 2.05) is 30.3 Å². The number of sulfonamides is 1. The molecule has 29 heavy (non-hydrogen) atoms. The molecule has 1 aliphatic heterocycles. The Bertz CT molecular complexity index is 935. The molecule has 1 atom stereocenters. The lowest BCUT2D eigenvalue weighted by molar-refractivity contribution is -0.128. The van der Waals surface area contributed by atoms with Gasteiger partial charge in [-0.15, -0.1) is 0 Å². The smallest absolute Gasteiger partial charge is 0.246 e. The van der Waals surface area contributed by atoms with Crippen LogP contribution in [0, 0.1) is 0 Å². The topological polar surface area (TPSA) is 75.7 Å². The normalized spacial score (nSPS) is 16.9. The highest BCUT2D eigenvalue weighted by Crippen LogP contribution is 2.16. The van der Waals surface area contributed by atoms with E-state index in [1.165, 1.54) is 25.3 Å². The van der Waals surface area contributed by atoms with E-state index in [0.717, 1.165) is 30.6 Å². The van der Waals surface area contributed by atoms with Crippen LogP contribution in [0.2, 0.25) is 0 Å². The van der Waals surface area contributed by atoms with Crippen LogP contribution in [0.1, 0.15) is 24.0 Å². The molecule has 2 aromatic rings. The molecule has 6 nitrogen and oxygen atoms in total. The van der Waals surface area contributed by atoms with E-state index < -0.39 is 10.0 Å². The third-order valence-electron chi connectivity index (χ3n) is 4.85. The third-order valence-corrected chi connectivity index (χ3v) is 6.28. The number of carbonyl (C=O) groups is 1. The molecule has 1 fully saturated rings. The lowest BCUT2D eigenvalue weighted by Crippen LogP contribution is -2.35. The van der Waals surface area contributed by atoms with Gasteiger partial charge < -0.3 is 9.64 Å². The van der Waals surface area contributed by atoms with Gasteiger partial charge in [0.2, 0.25) is 15.9 Å². The molecular formula is C22H26N2O4S. The van der Waals surface area contributed by atoms with Crippen molar-refractivity contribution in [2.24, 2.45) is 0 Å². The Labute approximate surface area is 172 Å². The number of nitrogens with zero attached hydrogens (tertiary/aromatic N) is 1. The summed E-state index contributed by atoms with van der Waals surface area (Å²) in [7, 11) is -2.10. The quantitative estimate of drug-likeness (QED) is 0.674. The van der Waals surface area contributed by atoms with Gasteiger partial charge in [-0.3, -0.25) is 4.79 Å². The number of rotatable bonds is 8. The van der Waals surface area contributed by atoms with Gasteiger partial charge >= 0.3 is 0 Å². The van der Waals surface area contributed by atoms with Crippen LogP contribution in [0.4, 0.5) is 0 Å². The van der Waals surface area contributed by atoms with Crippen molar-refractivity contribution in [1.82, 2.24) is 9.62 Å². The van der Waals surface area contributed by atoms with Gasteiger partial charge in [-0.2, -0.15) is 0 Å². The van der Waals surface area contributed by atoms with E-state index in [0.29, 0.717) is 13.1 Å². The molecule has 0 aromatic heterocycles. The van der Waals surface area contributed by atoms with Gasteiger partial charge in [0.25, 0.3) is 0 Å². The molecule has 2 aromatic carbocycles. The molecule has 1 saturated heterocycles. The van der Waals surface area contributed by atoms with E-state index >= 15 is 0 Å². The summed E-state index contributed by atoms with van der Waals surface area (Å²) >= 11 is 0. The highest BCUT2D eigenvalue weighted by Gasteiger charge is 2.21. The highest BCUT2D eigenvalue weighted by atomic mass is 32.2. The van der Waals surface area contributed by atoms with E-state index in [2.05, 4.69) is 4.72 Å². The van der Waals surface area contributed by atoms with Crippen LogP contribution in [0.3, 0.4) is 0 Å². The Morgan fingerprint density at radius 3 is 2.52 bits per heavy atom. The van der Waals surface area contributed by atoms with Gasteiger partial charge in [0.05, 0.1) is 11.0 Å². The van der Waals surface area contributed by atoms with Crippen LogP contribution in [0.25, 0.3) is 6.08 Å². The van der Waals surface area contributed by atoms with E-state index in [4.69, 9.17) is 4.74 Å². The van der Waals surface area contributed by atoms with Crippen molar-refractivity contribution < 1.29 is 17.9 Å². The first-order valence-corrected chi connectivity index (χ1v) is 11.1. The van der Waals surface area contributed by atoms with Crippen molar-refractivity contribution in [2.75, 3.05) is 20.2 Å². The zero-order valence-electron chi connectivity index (χ0n) is 16.5. The molecule has 0 spiro atoms. The summed E-state index contributed by atoms with van der Waals surface area (Å²) in [6.07, 6.45) is 5.28. The Hall–Kier alpha value is -2.48. The SMILES string of the molecule is CNS(=O)(=O)c1ccc(/C=C/C(=O)N(Cc2ccccc2)CC2CCCO2)cc1. The number of nitrogens with one attached hydrogen (secondary N) is 1. The van der Waals surface area contributed by atoms with Crippen molar-refractivity contribution >= 4 is 22.0 Å². The minimum absolute atomic E-state index is 0.0714. The molecule has 1 unspecified atom stereocenters. The Morgan fingerprint density at radius 1 is 1.17 bits per heavy atom. The highest BCUT2D eigenvalue weighted by molar-refractivity contribution is 7.89. The van der Waals surface area contributed by atoms with Gasteiger partial charge in [-0.25, -0.2) is 13.1 Å². The van der Waals surface area contributed by atoms with Gasteiger partial charge in [-0.1, -0.05) is 42.5 Å². The van der Waals surface area contributed by atoms with Crippen molar-refractivity contribution in [1.29, 1.82) is 0 Å². The predicted molar refractivity (Wildman–Crippen MR) is 113 cm³/mol. The maximum atomic E-state index is 12.9. The van der Waals surface area contributed by atoms with Crippen LogP contribution >= 0.6 is 0 Å². The number of hydrogen-bond donors (Lipinski definition) is 1. The Kier molecular flexibility index (Phi) is 7.19. The summed E-state index contributed by atoms with van der Waals surface area (Å²) in [5, 5.41) is 0. The second kappa shape index (κ2) is 9.82. The molecule has 1 N–H and O–H groups in total. The lowest BCUT2D eigenvalue weighted by atomic mass is 10.1. The third kappa shape index (κ3) is 6.00. The van der Waals surface area contributed by atoms with Crippen molar-refractivity contribution in [3.05, 3.63) is 71.8 Å². The van der Waals surface area contributed by atoms with Crippen molar-refractivity contribution in [2.45, 2.75) is 30.4 Å². The van der Waals surface area contributed by atoms with Gasteiger partial charge in [0.15, 0.2) is 0 Å². The molecule has 154 valence electrons. The monoisotopic (exact) mass is 414 g/mol. The summed E-state index contributed by atoms with van der Waals surface area (Å²) in [6.45, 7) is 1.82. The fraction of sp³-hybridized carbons (Fsp3) is 0.318. The number of carbonyl (C=O) groups excluding carboxylic acids is 1. The molecule has 1 aliphatic rings. The molecule has 1 heterocycles. The molecular weight excluding hydrogens is 388 g/mol. The van der Waals surface area contributed by atoms with Crippen LogP contribution in [0.5, 0.6) is 0 Å². The maximum Gasteiger partial charge on any atom is 0.246 e. The second-order valence-corrected chi connectivity index (χ2v) is 8.84. The summed E-state index contributed by atoms with van der Waals surface area (Å²) in [4.78, 5) is 14.8. The molecule has 3 rings (SSSR count). The molecule has 0 saturated carbocycles. The average Bonchev–Trinajstić information content (AvgIpc) is 3.26. The summed E-state index contributed by atoms with van der Waals surface area (Å²) in [5.74, 6) is -0.101. The van der Waals surface area contributed by atoms with E-state index in [1.54, 1.807) is 23.1 Å². The first kappa shape index (κ1) is 21.2. The molecule has 1 amide bonds. The van der Waals surface area contributed by atoms with Crippen molar-refractivity contribution in [3.63, 3.8) is 0 Å². The van der Waals surface area contributed by atoms with E-state index in [9.17, 15) is 13.2 Å². The van der Waals surface area contributed by atoms with Gasteiger partial charge in [0.1, 0.15) is 0 Å². The fourth-order valence-electron chi connectivity index (χ4n) is 3.22. The van der Waals surface area contributed by atoms with Gasteiger partial charge in [0, 0.05) is 25.8 Å². The first-order chi connectivity index (χ1) is 14.0. The largest absolute Gasteiger partial charge is 0.376 e. The van der Waals surface area contributed by atoms with Crippen LogP contribution < -0.4 is 4.72 Å². The summed E-state index contributed by atoms with van der Waals surface area (Å²) < 4.78 is 31.6. The second-order valence-electron chi connectivity index (χ2n) is 6.95. The first-order valence-electron chi connectivity index (χ1n) is 9.64. The molecule has 0 bridgehead atoms. The number of ether oxygens (including phenoxy) is 1. The number of hydrogen-bond acceptors (Lipinski definition) is 4. The van der Waals surface area contributed by atoms with Crippen LogP contribution in [-0.2, 0) is 26.1 Å².